The Bertz CT molecular complexity index is 592. The molecule has 20 heavy (non-hydrogen) atoms. The van der Waals surface area contributed by atoms with E-state index in [1.54, 1.807) is 6.92 Å². The molecule has 1 heterocycles. The number of nitrogens with one attached hydrogen (secondary N) is 1. The Morgan fingerprint density at radius 3 is 3.05 bits per heavy atom. The fourth-order valence-electron chi connectivity index (χ4n) is 1.45. The predicted octanol–water partition coefficient (Wildman–Crippen LogP) is 2.43. The van der Waals surface area contributed by atoms with E-state index in [1.807, 2.05) is 0 Å². The molecule has 2 rings (SSSR count). The van der Waals surface area contributed by atoms with Gasteiger partial charge in [-0.1, -0.05) is 23.4 Å². The van der Waals surface area contributed by atoms with Crippen molar-refractivity contribution in [3.63, 3.8) is 0 Å². The van der Waals surface area contributed by atoms with Crippen LogP contribution in [0, 0.1) is 5.82 Å². The van der Waals surface area contributed by atoms with Crippen molar-refractivity contribution in [3.05, 3.63) is 28.5 Å². The lowest BCUT2D eigenvalue weighted by molar-refractivity contribution is -0.116. The number of thioether (sulfide) groups is 1. The van der Waals surface area contributed by atoms with Gasteiger partial charge in [0.05, 0.1) is 23.6 Å². The maximum atomic E-state index is 14.1. The molecule has 0 saturated carbocycles. The second-order valence-electron chi connectivity index (χ2n) is 3.70. The monoisotopic (exact) mass is 315 g/mol. The normalized spacial score (nSPS) is 16.9. The number of hydrogen-bond donors (Lipinski definition) is 1. The third kappa shape index (κ3) is 3.49. The molecule has 1 amide bonds. The van der Waals surface area contributed by atoms with E-state index < -0.39 is 5.82 Å². The van der Waals surface area contributed by atoms with Crippen LogP contribution in [0.1, 0.15) is 12.5 Å². The Morgan fingerprint density at radius 1 is 1.60 bits per heavy atom. The lowest BCUT2D eigenvalue weighted by Gasteiger charge is -2.08. The summed E-state index contributed by atoms with van der Waals surface area (Å²) < 4.78 is 19.2. The first-order valence-electron chi connectivity index (χ1n) is 5.76. The van der Waals surface area contributed by atoms with E-state index in [1.165, 1.54) is 30.1 Å². The highest BCUT2D eigenvalue weighted by molar-refractivity contribution is 8.15. The van der Waals surface area contributed by atoms with Crippen molar-refractivity contribution >= 4 is 40.7 Å². The topological polar surface area (TPSA) is 63.1 Å². The lowest BCUT2D eigenvalue weighted by Crippen LogP contribution is -2.19. The van der Waals surface area contributed by atoms with Crippen molar-refractivity contribution in [1.82, 2.24) is 5.32 Å². The summed E-state index contributed by atoms with van der Waals surface area (Å²) in [5.41, 5.74) is 0.205. The first-order valence-corrected chi connectivity index (χ1v) is 7.12. The Morgan fingerprint density at radius 2 is 2.40 bits per heavy atom. The Labute approximate surface area is 124 Å². The van der Waals surface area contributed by atoms with Gasteiger partial charge in [-0.2, -0.15) is 5.10 Å². The first kappa shape index (κ1) is 14.8. The maximum absolute atomic E-state index is 14.1. The Balaban J connectivity index is 2.17. The van der Waals surface area contributed by atoms with E-state index in [0.29, 0.717) is 17.5 Å². The van der Waals surface area contributed by atoms with Gasteiger partial charge in [-0.05, 0) is 19.1 Å². The van der Waals surface area contributed by atoms with Crippen LogP contribution < -0.4 is 10.1 Å². The molecule has 1 N–H and O–H groups in total. The zero-order valence-corrected chi connectivity index (χ0v) is 12.1. The van der Waals surface area contributed by atoms with E-state index in [-0.39, 0.29) is 22.2 Å². The van der Waals surface area contributed by atoms with Gasteiger partial charge in [-0.3, -0.25) is 4.79 Å². The standard InChI is InChI=1S/C12H11ClFN3O2S/c1-2-19-11-8(13)4-3-7(10(11)14)5-15-17-12-16-9(18)6-20-12/h3-5H,2,6H2,1H3,(H,16,17,18). The molecule has 5 nitrogen and oxygen atoms in total. The van der Waals surface area contributed by atoms with Crippen LogP contribution in [0.2, 0.25) is 5.02 Å². The van der Waals surface area contributed by atoms with E-state index in [4.69, 9.17) is 16.3 Å². The van der Waals surface area contributed by atoms with Crippen molar-refractivity contribution in [2.24, 2.45) is 10.2 Å². The molecule has 1 aromatic rings. The molecule has 8 heteroatoms. The van der Waals surface area contributed by atoms with Crippen LogP contribution >= 0.6 is 23.4 Å². The summed E-state index contributed by atoms with van der Waals surface area (Å²) in [6, 6.07) is 3.00. The summed E-state index contributed by atoms with van der Waals surface area (Å²) in [5.74, 6) is -0.404. The lowest BCUT2D eigenvalue weighted by atomic mass is 10.2. The maximum Gasteiger partial charge on any atom is 0.236 e. The summed E-state index contributed by atoms with van der Waals surface area (Å²) in [5, 5.41) is 10.6. The van der Waals surface area contributed by atoms with Gasteiger partial charge in [0.25, 0.3) is 0 Å². The molecule has 0 spiro atoms. The molecule has 1 fully saturated rings. The van der Waals surface area contributed by atoms with Crippen LogP contribution in [0.25, 0.3) is 0 Å². The summed E-state index contributed by atoms with van der Waals surface area (Å²) in [4.78, 5) is 10.9. The average Bonchev–Trinajstić information content (AvgIpc) is 2.83. The second kappa shape index (κ2) is 6.71. The summed E-state index contributed by atoms with van der Waals surface area (Å²) in [6.45, 7) is 2.05. The molecular formula is C12H11ClFN3O2S. The smallest absolute Gasteiger partial charge is 0.236 e. The molecule has 1 saturated heterocycles. The predicted molar refractivity (Wildman–Crippen MR) is 78.2 cm³/mol. The van der Waals surface area contributed by atoms with Crippen LogP contribution in [0.15, 0.2) is 22.3 Å². The molecule has 1 aliphatic heterocycles. The molecule has 0 aliphatic carbocycles. The quantitative estimate of drug-likeness (QED) is 0.685. The fraction of sp³-hybridized carbons (Fsp3) is 0.250. The number of nitrogens with zero attached hydrogens (tertiary/aromatic N) is 2. The number of ether oxygens (including phenoxy) is 1. The third-order valence-electron chi connectivity index (χ3n) is 2.30. The van der Waals surface area contributed by atoms with Gasteiger partial charge in [-0.25, -0.2) is 4.39 Å². The molecule has 0 bridgehead atoms. The summed E-state index contributed by atoms with van der Waals surface area (Å²) in [7, 11) is 0. The van der Waals surface area contributed by atoms with Crippen molar-refractivity contribution < 1.29 is 13.9 Å². The summed E-state index contributed by atoms with van der Waals surface area (Å²) in [6.07, 6.45) is 1.24. The number of rotatable bonds is 4. The third-order valence-corrected chi connectivity index (χ3v) is 3.46. The molecular weight excluding hydrogens is 305 g/mol. The minimum atomic E-state index is -0.591. The number of hydrogen-bond acceptors (Lipinski definition) is 5. The molecule has 1 aliphatic rings. The Kier molecular flexibility index (Phi) is 4.97. The van der Waals surface area contributed by atoms with E-state index in [2.05, 4.69) is 15.5 Å². The van der Waals surface area contributed by atoms with E-state index >= 15 is 0 Å². The zero-order valence-electron chi connectivity index (χ0n) is 10.5. The summed E-state index contributed by atoms with van der Waals surface area (Å²) >= 11 is 7.09. The first-order chi connectivity index (χ1) is 9.61. The minimum absolute atomic E-state index is 0.00526. The van der Waals surface area contributed by atoms with Crippen LogP contribution in [-0.2, 0) is 4.79 Å². The SMILES string of the molecule is CCOc1c(Cl)ccc(C=NN=C2NC(=O)CS2)c1F. The highest BCUT2D eigenvalue weighted by Gasteiger charge is 2.16. The number of carbonyl (C=O) groups is 1. The number of amidine groups is 1. The fourth-order valence-corrected chi connectivity index (χ4v) is 2.28. The van der Waals surface area contributed by atoms with Gasteiger partial charge >= 0.3 is 0 Å². The second-order valence-corrected chi connectivity index (χ2v) is 5.07. The van der Waals surface area contributed by atoms with Crippen LogP contribution in [-0.4, -0.2) is 29.6 Å². The number of benzene rings is 1. The number of carbonyl (C=O) groups excluding carboxylic acids is 1. The van der Waals surface area contributed by atoms with E-state index in [9.17, 15) is 9.18 Å². The van der Waals surface area contributed by atoms with Gasteiger partial charge in [-0.15, -0.1) is 5.10 Å². The van der Waals surface area contributed by atoms with Gasteiger partial charge in [0.15, 0.2) is 16.7 Å². The molecule has 1 aromatic carbocycles. The van der Waals surface area contributed by atoms with Gasteiger partial charge in [0.2, 0.25) is 5.91 Å². The molecule has 106 valence electrons. The molecule has 0 aromatic heterocycles. The van der Waals surface area contributed by atoms with Gasteiger partial charge in [0, 0.05) is 5.56 Å². The van der Waals surface area contributed by atoms with Crippen molar-refractivity contribution in [2.75, 3.05) is 12.4 Å². The average molecular weight is 316 g/mol. The molecule has 0 unspecified atom stereocenters. The number of amides is 1. The largest absolute Gasteiger partial charge is 0.489 e. The number of halogens is 2. The highest BCUT2D eigenvalue weighted by atomic mass is 35.5. The minimum Gasteiger partial charge on any atom is -0.489 e. The van der Waals surface area contributed by atoms with Crippen LogP contribution in [0.5, 0.6) is 5.75 Å². The van der Waals surface area contributed by atoms with Crippen molar-refractivity contribution in [3.8, 4) is 5.75 Å². The van der Waals surface area contributed by atoms with Gasteiger partial charge in [0.1, 0.15) is 0 Å². The van der Waals surface area contributed by atoms with Crippen LogP contribution in [0.3, 0.4) is 0 Å². The zero-order chi connectivity index (χ0) is 14.5. The van der Waals surface area contributed by atoms with Crippen molar-refractivity contribution in [1.29, 1.82) is 0 Å². The highest BCUT2D eigenvalue weighted by Crippen LogP contribution is 2.29. The Hall–Kier alpha value is -1.60. The molecule has 0 atom stereocenters. The molecule has 0 radical (unpaired) electrons. The van der Waals surface area contributed by atoms with Crippen molar-refractivity contribution in [2.45, 2.75) is 6.92 Å². The van der Waals surface area contributed by atoms with Crippen LogP contribution in [0.4, 0.5) is 4.39 Å². The van der Waals surface area contributed by atoms with Gasteiger partial charge < -0.3 is 10.1 Å². The van der Waals surface area contributed by atoms with E-state index in [0.717, 1.165) is 0 Å².